The van der Waals surface area contributed by atoms with E-state index in [1.807, 2.05) is 24.5 Å². The summed E-state index contributed by atoms with van der Waals surface area (Å²) in [5, 5.41) is 17.0. The van der Waals surface area contributed by atoms with Gasteiger partial charge < -0.3 is 19.4 Å². The first-order valence-corrected chi connectivity index (χ1v) is 9.13. The summed E-state index contributed by atoms with van der Waals surface area (Å²) in [4.78, 5) is 12.9. The number of tetrazole rings is 1. The highest BCUT2D eigenvalue weighted by molar-refractivity contribution is 5.92. The van der Waals surface area contributed by atoms with Crippen molar-refractivity contribution < 1.29 is 14.3 Å². The lowest BCUT2D eigenvalue weighted by Gasteiger charge is -2.38. The van der Waals surface area contributed by atoms with Crippen LogP contribution in [0.5, 0.6) is 5.75 Å². The van der Waals surface area contributed by atoms with Gasteiger partial charge >= 0.3 is 0 Å². The highest BCUT2D eigenvalue weighted by Crippen LogP contribution is 2.34. The van der Waals surface area contributed by atoms with E-state index in [0.29, 0.717) is 42.5 Å². The molecule has 1 amide bonds. The zero-order chi connectivity index (χ0) is 19.4. The van der Waals surface area contributed by atoms with Crippen LogP contribution in [0.15, 0.2) is 42.7 Å². The molecule has 0 radical (unpaired) electrons. The van der Waals surface area contributed by atoms with Gasteiger partial charge in [-0.3, -0.25) is 4.79 Å². The van der Waals surface area contributed by atoms with Gasteiger partial charge in [-0.15, -0.1) is 10.2 Å². The molecule has 1 saturated heterocycles. The van der Waals surface area contributed by atoms with Crippen LogP contribution in [0.4, 0.5) is 5.69 Å². The van der Waals surface area contributed by atoms with Crippen molar-refractivity contribution in [3.63, 3.8) is 0 Å². The molecule has 3 heterocycles. The molecule has 28 heavy (non-hydrogen) atoms. The average Bonchev–Trinajstić information content (AvgIpc) is 3.43. The van der Waals surface area contributed by atoms with Crippen LogP contribution in [0.3, 0.4) is 0 Å². The van der Waals surface area contributed by atoms with Crippen LogP contribution in [-0.2, 0) is 15.1 Å². The number of H-pyrrole nitrogens is 1. The number of carbonyl (C=O) groups is 1. The number of rotatable bonds is 6. The van der Waals surface area contributed by atoms with Gasteiger partial charge in [0.15, 0.2) is 0 Å². The number of carbonyl (C=O) groups excluding carboxylic acids is 1. The number of hydrogen-bond acceptors (Lipinski definition) is 6. The summed E-state index contributed by atoms with van der Waals surface area (Å²) in [5.74, 6) is 0.952. The van der Waals surface area contributed by atoms with E-state index in [2.05, 4.69) is 30.5 Å². The largest absolute Gasteiger partial charge is 0.496 e. The molecule has 1 aromatic carbocycles. The number of nitrogens with one attached hydrogen (secondary N) is 2. The molecule has 146 valence electrons. The Hall–Kier alpha value is -3.20. The third-order valence-electron chi connectivity index (χ3n) is 5.13. The minimum Gasteiger partial charge on any atom is -0.496 e. The second kappa shape index (κ2) is 7.81. The maximum absolute atomic E-state index is 12.9. The third-order valence-corrected chi connectivity index (χ3v) is 5.13. The Kier molecular flexibility index (Phi) is 5.07. The minimum atomic E-state index is -0.269. The van der Waals surface area contributed by atoms with Crippen molar-refractivity contribution in [2.75, 3.05) is 25.6 Å². The molecule has 0 bridgehead atoms. The first kappa shape index (κ1) is 18.2. The molecule has 2 aromatic heterocycles. The van der Waals surface area contributed by atoms with E-state index >= 15 is 0 Å². The first-order valence-electron chi connectivity index (χ1n) is 9.13. The van der Waals surface area contributed by atoms with Gasteiger partial charge in [0.25, 0.3) is 0 Å². The Labute approximate surface area is 162 Å². The number of ether oxygens (including phenoxy) is 2. The lowest BCUT2D eigenvalue weighted by Crippen LogP contribution is -2.42. The maximum Gasteiger partial charge on any atom is 0.226 e. The first-order chi connectivity index (χ1) is 13.7. The van der Waals surface area contributed by atoms with Crippen molar-refractivity contribution in [1.29, 1.82) is 0 Å². The number of benzene rings is 1. The quantitative estimate of drug-likeness (QED) is 0.677. The number of hydrogen-bond donors (Lipinski definition) is 2. The van der Waals surface area contributed by atoms with E-state index in [9.17, 15) is 4.79 Å². The normalized spacial score (nSPS) is 15.9. The van der Waals surface area contributed by atoms with E-state index in [1.54, 1.807) is 25.3 Å². The standard InChI is InChI=1S/C19H22N6O3/c1-27-16-5-4-14(12-15(16)18-21-23-24-22-18)20-17(26)13-19(6-10-28-11-7-19)25-8-2-3-9-25/h2-5,8-9,12H,6-7,10-11,13H2,1H3,(H,20,26)(H,21,22,23,24). The van der Waals surface area contributed by atoms with Gasteiger partial charge in [0, 0.05) is 31.3 Å². The lowest BCUT2D eigenvalue weighted by atomic mass is 9.86. The summed E-state index contributed by atoms with van der Waals surface area (Å²) in [6.07, 6.45) is 5.99. The van der Waals surface area contributed by atoms with Gasteiger partial charge in [-0.05, 0) is 48.4 Å². The van der Waals surface area contributed by atoms with Crippen molar-refractivity contribution in [3.8, 4) is 17.1 Å². The van der Waals surface area contributed by atoms with Crippen LogP contribution >= 0.6 is 0 Å². The zero-order valence-electron chi connectivity index (χ0n) is 15.6. The molecule has 1 aliphatic heterocycles. The molecule has 2 N–H and O–H groups in total. The third kappa shape index (κ3) is 3.61. The lowest BCUT2D eigenvalue weighted by molar-refractivity contribution is -0.119. The number of nitrogens with zero attached hydrogens (tertiary/aromatic N) is 4. The van der Waals surface area contributed by atoms with Crippen molar-refractivity contribution >= 4 is 11.6 Å². The highest BCUT2D eigenvalue weighted by Gasteiger charge is 2.36. The molecule has 0 aliphatic carbocycles. The predicted octanol–water partition coefficient (Wildman–Crippen LogP) is 2.21. The Morgan fingerprint density at radius 3 is 2.79 bits per heavy atom. The van der Waals surface area contributed by atoms with Crippen LogP contribution in [0.1, 0.15) is 19.3 Å². The molecular formula is C19H22N6O3. The Balaban J connectivity index is 1.54. The fraction of sp³-hybridized carbons (Fsp3) is 0.368. The van der Waals surface area contributed by atoms with Crippen LogP contribution in [0, 0.1) is 0 Å². The molecule has 4 rings (SSSR count). The van der Waals surface area contributed by atoms with Crippen LogP contribution in [-0.4, -0.2) is 51.4 Å². The van der Waals surface area contributed by atoms with Crippen molar-refractivity contribution in [1.82, 2.24) is 25.2 Å². The predicted molar refractivity (Wildman–Crippen MR) is 102 cm³/mol. The maximum atomic E-state index is 12.9. The minimum absolute atomic E-state index is 0.0557. The SMILES string of the molecule is COc1ccc(NC(=O)CC2(n3cccc3)CCOCC2)cc1-c1nn[nH]n1. The zero-order valence-corrected chi connectivity index (χ0v) is 15.6. The summed E-state index contributed by atoms with van der Waals surface area (Å²) >= 11 is 0. The molecule has 0 unspecified atom stereocenters. The molecule has 0 saturated carbocycles. The number of anilines is 1. The summed E-state index contributed by atoms with van der Waals surface area (Å²) in [5.41, 5.74) is 1.04. The number of aromatic nitrogens is 5. The Morgan fingerprint density at radius 1 is 1.32 bits per heavy atom. The second-order valence-corrected chi connectivity index (χ2v) is 6.80. The van der Waals surface area contributed by atoms with Gasteiger partial charge in [0.2, 0.25) is 11.7 Å². The smallest absolute Gasteiger partial charge is 0.226 e. The fourth-order valence-corrected chi connectivity index (χ4v) is 3.67. The molecule has 1 fully saturated rings. The van der Waals surface area contributed by atoms with E-state index in [4.69, 9.17) is 9.47 Å². The van der Waals surface area contributed by atoms with Gasteiger partial charge in [0.05, 0.1) is 24.6 Å². The van der Waals surface area contributed by atoms with Gasteiger partial charge in [-0.2, -0.15) is 5.21 Å². The molecule has 0 spiro atoms. The van der Waals surface area contributed by atoms with E-state index in [-0.39, 0.29) is 11.4 Å². The van der Waals surface area contributed by atoms with Gasteiger partial charge in [-0.25, -0.2) is 0 Å². The topological polar surface area (TPSA) is 107 Å². The van der Waals surface area contributed by atoms with Crippen molar-refractivity contribution in [2.24, 2.45) is 0 Å². The van der Waals surface area contributed by atoms with E-state index in [0.717, 1.165) is 12.8 Å². The Morgan fingerprint density at radius 2 is 2.11 bits per heavy atom. The molecule has 1 aliphatic rings. The summed E-state index contributed by atoms with van der Waals surface area (Å²) in [7, 11) is 1.57. The molecule has 9 heteroatoms. The molecule has 3 aromatic rings. The van der Waals surface area contributed by atoms with E-state index in [1.165, 1.54) is 0 Å². The number of methoxy groups -OCH3 is 1. The average molecular weight is 382 g/mol. The van der Waals surface area contributed by atoms with Crippen LogP contribution < -0.4 is 10.1 Å². The van der Waals surface area contributed by atoms with Crippen molar-refractivity contribution in [2.45, 2.75) is 24.8 Å². The fourth-order valence-electron chi connectivity index (χ4n) is 3.67. The number of aromatic amines is 1. The van der Waals surface area contributed by atoms with E-state index < -0.39 is 0 Å². The van der Waals surface area contributed by atoms with Gasteiger partial charge in [0.1, 0.15) is 5.75 Å². The van der Waals surface area contributed by atoms with Crippen LogP contribution in [0.2, 0.25) is 0 Å². The Bertz CT molecular complexity index is 917. The van der Waals surface area contributed by atoms with Gasteiger partial charge in [-0.1, -0.05) is 0 Å². The molecular weight excluding hydrogens is 360 g/mol. The number of amides is 1. The van der Waals surface area contributed by atoms with Crippen LogP contribution in [0.25, 0.3) is 11.4 Å². The summed E-state index contributed by atoms with van der Waals surface area (Å²) in [6.45, 7) is 1.30. The molecule has 9 nitrogen and oxygen atoms in total. The summed E-state index contributed by atoms with van der Waals surface area (Å²) < 4.78 is 13.0. The summed E-state index contributed by atoms with van der Waals surface area (Å²) in [6, 6.07) is 9.32. The monoisotopic (exact) mass is 382 g/mol. The molecule has 0 atom stereocenters. The highest BCUT2D eigenvalue weighted by atomic mass is 16.5. The van der Waals surface area contributed by atoms with Crippen molar-refractivity contribution in [3.05, 3.63) is 42.7 Å². The second-order valence-electron chi connectivity index (χ2n) is 6.80.